The molecule has 0 saturated carbocycles. The number of carbonyl (C=O) groups is 1. The summed E-state index contributed by atoms with van der Waals surface area (Å²) in [5, 5.41) is 11.9. The predicted octanol–water partition coefficient (Wildman–Crippen LogP) is 1.86. The molecule has 4 nitrogen and oxygen atoms in total. The molecule has 0 aromatic heterocycles. The number of hydrogen-bond donors (Lipinski definition) is 3. The van der Waals surface area contributed by atoms with Crippen molar-refractivity contribution in [3.8, 4) is 0 Å². The van der Waals surface area contributed by atoms with E-state index in [1.807, 2.05) is 19.2 Å². The van der Waals surface area contributed by atoms with Crippen LogP contribution < -0.4 is 11.1 Å². The molecule has 1 aromatic rings. The quantitative estimate of drug-likeness (QED) is 0.658. The fourth-order valence-corrected chi connectivity index (χ4v) is 2.40. The number of rotatable bonds is 7. The molecular weight excluding hydrogens is 248 g/mol. The van der Waals surface area contributed by atoms with Gasteiger partial charge in [0.1, 0.15) is 6.04 Å². The summed E-state index contributed by atoms with van der Waals surface area (Å²) < 4.78 is 0. The fourth-order valence-electron chi connectivity index (χ4n) is 1.74. The van der Waals surface area contributed by atoms with Crippen LogP contribution in [-0.4, -0.2) is 29.9 Å². The van der Waals surface area contributed by atoms with Crippen LogP contribution in [0.15, 0.2) is 29.2 Å². The summed E-state index contributed by atoms with van der Waals surface area (Å²) in [4.78, 5) is 12.0. The Labute approximate surface area is 112 Å². The minimum absolute atomic E-state index is 0.0308. The lowest BCUT2D eigenvalue weighted by molar-refractivity contribution is -0.138. The molecule has 100 valence electrons. The third kappa shape index (κ3) is 4.33. The number of benzene rings is 1. The Balaban J connectivity index is 2.72. The van der Waals surface area contributed by atoms with Crippen LogP contribution in [0.25, 0.3) is 0 Å². The highest BCUT2D eigenvalue weighted by Crippen LogP contribution is 2.22. The molecular formula is C13H20N2O2S. The number of nitrogens with two attached hydrogens (primary N) is 1. The van der Waals surface area contributed by atoms with Crippen LogP contribution in [0.2, 0.25) is 0 Å². The summed E-state index contributed by atoms with van der Waals surface area (Å²) in [6.45, 7) is 2.11. The van der Waals surface area contributed by atoms with Crippen molar-refractivity contribution >= 4 is 17.7 Å². The lowest BCUT2D eigenvalue weighted by Crippen LogP contribution is -2.34. The zero-order valence-corrected chi connectivity index (χ0v) is 11.5. The van der Waals surface area contributed by atoms with E-state index in [1.54, 1.807) is 11.8 Å². The van der Waals surface area contributed by atoms with Gasteiger partial charge >= 0.3 is 5.97 Å². The summed E-state index contributed by atoms with van der Waals surface area (Å²) in [5.41, 5.74) is 6.63. The average Bonchev–Trinajstić information content (AvgIpc) is 2.37. The second-order valence-electron chi connectivity index (χ2n) is 4.02. The average molecular weight is 268 g/mol. The van der Waals surface area contributed by atoms with Crippen LogP contribution in [0.1, 0.15) is 24.9 Å². The van der Waals surface area contributed by atoms with Gasteiger partial charge in [-0.05, 0) is 36.9 Å². The van der Waals surface area contributed by atoms with E-state index < -0.39 is 12.0 Å². The van der Waals surface area contributed by atoms with Gasteiger partial charge in [0.25, 0.3) is 0 Å². The van der Waals surface area contributed by atoms with Crippen LogP contribution in [-0.2, 0) is 4.79 Å². The molecule has 2 unspecified atom stereocenters. The molecule has 0 aliphatic rings. The Morgan fingerprint density at radius 2 is 2.06 bits per heavy atom. The molecule has 0 aliphatic heterocycles. The van der Waals surface area contributed by atoms with Gasteiger partial charge in [0.2, 0.25) is 0 Å². The van der Waals surface area contributed by atoms with Crippen molar-refractivity contribution in [3.05, 3.63) is 29.8 Å². The molecule has 0 aliphatic carbocycles. The summed E-state index contributed by atoms with van der Waals surface area (Å²) >= 11 is 1.78. The van der Waals surface area contributed by atoms with Gasteiger partial charge in [-0.3, -0.25) is 4.79 Å². The Bertz CT molecular complexity index is 381. The molecule has 2 atom stereocenters. The predicted molar refractivity (Wildman–Crippen MR) is 74.9 cm³/mol. The van der Waals surface area contributed by atoms with Gasteiger partial charge in [0, 0.05) is 10.9 Å². The van der Waals surface area contributed by atoms with Crippen molar-refractivity contribution in [2.24, 2.45) is 5.73 Å². The summed E-state index contributed by atoms with van der Waals surface area (Å²) in [5.74, 6) is 0.0759. The minimum Gasteiger partial charge on any atom is -0.480 e. The maximum Gasteiger partial charge on any atom is 0.320 e. The van der Waals surface area contributed by atoms with E-state index in [4.69, 9.17) is 10.8 Å². The molecule has 0 radical (unpaired) electrons. The molecule has 4 N–H and O–H groups in total. The van der Waals surface area contributed by atoms with Crippen molar-refractivity contribution in [1.29, 1.82) is 0 Å². The van der Waals surface area contributed by atoms with Crippen LogP contribution in [0.4, 0.5) is 0 Å². The first-order valence-corrected chi connectivity index (χ1v) is 6.95. The van der Waals surface area contributed by atoms with Gasteiger partial charge in [0.15, 0.2) is 0 Å². The fraction of sp³-hybridized carbons (Fsp3) is 0.462. The maximum atomic E-state index is 10.8. The highest BCUT2D eigenvalue weighted by atomic mass is 32.2. The first-order chi connectivity index (χ1) is 8.58. The van der Waals surface area contributed by atoms with E-state index in [0.29, 0.717) is 6.42 Å². The zero-order chi connectivity index (χ0) is 13.5. The van der Waals surface area contributed by atoms with Crippen LogP contribution in [0, 0.1) is 0 Å². The Morgan fingerprint density at radius 1 is 1.44 bits per heavy atom. The smallest absolute Gasteiger partial charge is 0.320 e. The molecule has 0 heterocycles. The topological polar surface area (TPSA) is 75.4 Å². The number of hydrogen-bond acceptors (Lipinski definition) is 4. The summed E-state index contributed by atoms with van der Waals surface area (Å²) in [7, 11) is 1.81. The minimum atomic E-state index is -0.964. The molecule has 1 rings (SSSR count). The second kappa shape index (κ2) is 7.41. The Hall–Kier alpha value is -1.04. The van der Waals surface area contributed by atoms with E-state index in [9.17, 15) is 4.79 Å². The molecule has 0 bridgehead atoms. The lowest BCUT2D eigenvalue weighted by Gasteiger charge is -2.19. The van der Waals surface area contributed by atoms with Gasteiger partial charge in [0.05, 0.1) is 0 Å². The van der Waals surface area contributed by atoms with Gasteiger partial charge in [-0.15, -0.1) is 11.8 Å². The van der Waals surface area contributed by atoms with E-state index >= 15 is 0 Å². The number of carboxylic acid groups (broad SMARTS) is 1. The van der Waals surface area contributed by atoms with Crippen LogP contribution >= 0.6 is 11.8 Å². The van der Waals surface area contributed by atoms with Gasteiger partial charge in [-0.2, -0.15) is 0 Å². The highest BCUT2D eigenvalue weighted by molar-refractivity contribution is 7.99. The lowest BCUT2D eigenvalue weighted by atomic mass is 10.00. The molecule has 0 saturated heterocycles. The highest BCUT2D eigenvalue weighted by Gasteiger charge is 2.18. The zero-order valence-electron chi connectivity index (χ0n) is 10.7. The first kappa shape index (κ1) is 15.0. The van der Waals surface area contributed by atoms with E-state index in [1.165, 1.54) is 4.90 Å². The van der Waals surface area contributed by atoms with Crippen molar-refractivity contribution in [3.63, 3.8) is 0 Å². The van der Waals surface area contributed by atoms with Crippen molar-refractivity contribution in [2.45, 2.75) is 30.3 Å². The van der Waals surface area contributed by atoms with Crippen molar-refractivity contribution in [1.82, 2.24) is 5.32 Å². The van der Waals surface area contributed by atoms with Gasteiger partial charge < -0.3 is 16.2 Å². The standard InChI is InChI=1S/C13H20N2O2S/c1-3-18-10-6-4-9(5-7-10)12(15-2)8-11(14)13(16)17/h4-7,11-12,15H,3,8,14H2,1-2H3,(H,16,17). The molecule has 5 heteroatoms. The van der Waals surface area contributed by atoms with Gasteiger partial charge in [-0.1, -0.05) is 19.1 Å². The summed E-state index contributed by atoms with van der Waals surface area (Å²) in [6, 6.07) is 7.28. The van der Waals surface area contributed by atoms with Crippen molar-refractivity contribution in [2.75, 3.05) is 12.8 Å². The number of nitrogens with one attached hydrogen (secondary N) is 1. The molecule has 1 aromatic carbocycles. The first-order valence-electron chi connectivity index (χ1n) is 5.96. The molecule has 0 spiro atoms. The van der Waals surface area contributed by atoms with E-state index in [2.05, 4.69) is 24.4 Å². The number of aliphatic carboxylic acids is 1. The Morgan fingerprint density at radius 3 is 2.50 bits per heavy atom. The SMILES string of the molecule is CCSc1ccc(C(CC(N)C(=O)O)NC)cc1. The maximum absolute atomic E-state index is 10.8. The van der Waals surface area contributed by atoms with Crippen LogP contribution in [0.5, 0.6) is 0 Å². The Kier molecular flexibility index (Phi) is 6.18. The summed E-state index contributed by atoms with van der Waals surface area (Å²) in [6.07, 6.45) is 0.381. The van der Waals surface area contributed by atoms with Crippen LogP contribution in [0.3, 0.4) is 0 Å². The number of carboxylic acids is 1. The monoisotopic (exact) mass is 268 g/mol. The largest absolute Gasteiger partial charge is 0.480 e. The third-order valence-electron chi connectivity index (χ3n) is 2.75. The second-order valence-corrected chi connectivity index (χ2v) is 5.36. The number of thioether (sulfide) groups is 1. The van der Waals surface area contributed by atoms with E-state index in [-0.39, 0.29) is 6.04 Å². The normalized spacial score (nSPS) is 14.2. The van der Waals surface area contributed by atoms with Gasteiger partial charge in [-0.25, -0.2) is 0 Å². The molecule has 18 heavy (non-hydrogen) atoms. The third-order valence-corrected chi connectivity index (χ3v) is 3.64. The molecule has 0 fully saturated rings. The molecule has 0 amide bonds. The van der Waals surface area contributed by atoms with E-state index in [0.717, 1.165) is 11.3 Å². The van der Waals surface area contributed by atoms with Crippen molar-refractivity contribution < 1.29 is 9.90 Å².